The van der Waals surface area contributed by atoms with Gasteiger partial charge >= 0.3 is 0 Å². The van der Waals surface area contributed by atoms with Crippen LogP contribution in [0.2, 0.25) is 0 Å². The maximum Gasteiger partial charge on any atom is 0.256 e. The summed E-state index contributed by atoms with van der Waals surface area (Å²) in [6.07, 6.45) is 8.63. The summed E-state index contributed by atoms with van der Waals surface area (Å²) in [5.41, 5.74) is 3.17. The molecule has 170 valence electrons. The Hall–Kier alpha value is -2.81. The average Bonchev–Trinajstić information content (AvgIpc) is 3.62. The van der Waals surface area contributed by atoms with Crippen LogP contribution in [-0.2, 0) is 4.79 Å². The summed E-state index contributed by atoms with van der Waals surface area (Å²) in [6, 6.07) is 10.2. The van der Waals surface area contributed by atoms with E-state index in [1.807, 2.05) is 41.8 Å². The molecule has 1 atom stereocenters. The van der Waals surface area contributed by atoms with Gasteiger partial charge in [-0.2, -0.15) is 9.58 Å². The zero-order chi connectivity index (χ0) is 22.4. The van der Waals surface area contributed by atoms with Crippen molar-refractivity contribution in [3.63, 3.8) is 0 Å². The molecule has 6 rings (SSSR count). The molecule has 0 radical (unpaired) electrons. The van der Waals surface area contributed by atoms with E-state index in [1.165, 1.54) is 5.70 Å². The highest BCUT2D eigenvalue weighted by molar-refractivity contribution is 7.99. The van der Waals surface area contributed by atoms with Gasteiger partial charge < -0.3 is 14.2 Å². The lowest BCUT2D eigenvalue weighted by molar-refractivity contribution is -0.948. The molecule has 8 heteroatoms. The van der Waals surface area contributed by atoms with Crippen LogP contribution in [0.5, 0.6) is 0 Å². The summed E-state index contributed by atoms with van der Waals surface area (Å²) in [4.78, 5) is 22.1. The number of fused-ring (bicyclic) bond motifs is 1. The van der Waals surface area contributed by atoms with E-state index in [2.05, 4.69) is 46.5 Å². The van der Waals surface area contributed by atoms with Gasteiger partial charge in [-0.15, -0.1) is 16.8 Å². The Labute approximate surface area is 198 Å². The van der Waals surface area contributed by atoms with E-state index in [4.69, 9.17) is 9.40 Å². The molecule has 1 aromatic heterocycles. The first-order valence-corrected chi connectivity index (χ1v) is 12.7. The van der Waals surface area contributed by atoms with Crippen LogP contribution in [0.15, 0.2) is 70.4 Å². The fourth-order valence-electron chi connectivity index (χ4n) is 5.22. The van der Waals surface area contributed by atoms with Crippen LogP contribution >= 0.6 is 11.8 Å². The molecule has 0 N–H and O–H groups in total. The minimum Gasteiger partial charge on any atom is -0.439 e. The van der Waals surface area contributed by atoms with Crippen molar-refractivity contribution in [2.24, 2.45) is 0 Å². The largest absolute Gasteiger partial charge is 0.439 e. The van der Waals surface area contributed by atoms with Gasteiger partial charge in [0.1, 0.15) is 12.7 Å². The van der Waals surface area contributed by atoms with E-state index in [9.17, 15) is 4.79 Å². The van der Waals surface area contributed by atoms with Crippen LogP contribution in [-0.4, -0.2) is 76.3 Å². The van der Waals surface area contributed by atoms with Crippen molar-refractivity contribution in [3.8, 4) is 11.3 Å². The van der Waals surface area contributed by atoms with Crippen molar-refractivity contribution in [1.82, 2.24) is 14.9 Å². The quantitative estimate of drug-likeness (QED) is 0.650. The number of carbonyl (C=O) groups excluding carboxylic acids is 1. The third-order valence-corrected chi connectivity index (χ3v) is 7.87. The lowest BCUT2D eigenvalue weighted by Gasteiger charge is -2.44. The first-order valence-electron chi connectivity index (χ1n) is 11.5. The number of benzene rings is 1. The molecule has 2 aromatic rings. The van der Waals surface area contributed by atoms with Crippen molar-refractivity contribution in [2.75, 3.05) is 55.8 Å². The SMILES string of the molecule is Cc1nc(N2CCN([N@@+]34C=CC=C3C=C(C(=O)N3CCSC3)C4)CC2)c(-c2ccccc2)o1. The summed E-state index contributed by atoms with van der Waals surface area (Å²) in [7, 11) is 0. The topological polar surface area (TPSA) is 52.8 Å². The number of rotatable bonds is 4. The minimum atomic E-state index is 0.199. The minimum absolute atomic E-state index is 0.199. The Kier molecular flexibility index (Phi) is 5.16. The van der Waals surface area contributed by atoms with Crippen LogP contribution < -0.4 is 4.90 Å². The number of oxazole rings is 1. The molecule has 0 aliphatic carbocycles. The first-order chi connectivity index (χ1) is 16.1. The maximum absolute atomic E-state index is 13.1. The number of thioether (sulfide) groups is 1. The monoisotopic (exact) mass is 462 g/mol. The lowest BCUT2D eigenvalue weighted by Crippen LogP contribution is -2.60. The smallest absolute Gasteiger partial charge is 0.256 e. The van der Waals surface area contributed by atoms with Crippen molar-refractivity contribution < 1.29 is 13.8 Å². The fourth-order valence-corrected chi connectivity index (χ4v) is 6.17. The van der Waals surface area contributed by atoms with E-state index >= 15 is 0 Å². The van der Waals surface area contributed by atoms with Gasteiger partial charge in [0.25, 0.3) is 5.91 Å². The summed E-state index contributed by atoms with van der Waals surface area (Å²) in [5, 5.41) is 2.48. The van der Waals surface area contributed by atoms with Crippen molar-refractivity contribution in [2.45, 2.75) is 6.92 Å². The third kappa shape index (κ3) is 3.53. The zero-order valence-electron chi connectivity index (χ0n) is 18.8. The van der Waals surface area contributed by atoms with Gasteiger partial charge in [0.2, 0.25) is 0 Å². The van der Waals surface area contributed by atoms with Gasteiger partial charge in [0.05, 0.1) is 24.5 Å². The number of aromatic nitrogens is 1. The molecule has 0 spiro atoms. The van der Waals surface area contributed by atoms with Crippen molar-refractivity contribution in [3.05, 3.63) is 71.9 Å². The lowest BCUT2D eigenvalue weighted by atomic mass is 10.1. The molecule has 0 unspecified atom stereocenters. The number of hydrogen-bond acceptors (Lipinski definition) is 6. The molecular weight excluding hydrogens is 434 g/mol. The predicted octanol–water partition coefficient (Wildman–Crippen LogP) is 3.39. The van der Waals surface area contributed by atoms with Crippen LogP contribution in [0.4, 0.5) is 5.82 Å². The van der Waals surface area contributed by atoms with Gasteiger partial charge in [0, 0.05) is 50.0 Å². The Morgan fingerprint density at radius 1 is 1.12 bits per heavy atom. The zero-order valence-corrected chi connectivity index (χ0v) is 19.6. The molecule has 1 aromatic carbocycles. The van der Waals surface area contributed by atoms with Gasteiger partial charge in [-0.1, -0.05) is 30.3 Å². The second-order valence-electron chi connectivity index (χ2n) is 8.89. The molecule has 7 nitrogen and oxygen atoms in total. The summed E-state index contributed by atoms with van der Waals surface area (Å²) >= 11 is 1.83. The second-order valence-corrected chi connectivity index (χ2v) is 9.96. The molecule has 2 fully saturated rings. The van der Waals surface area contributed by atoms with Gasteiger partial charge in [-0.3, -0.25) is 4.79 Å². The van der Waals surface area contributed by atoms with Crippen molar-refractivity contribution >= 4 is 23.5 Å². The standard InChI is InChI=1S/C25H28N5O2S/c1-19-26-24(23(32-19)20-6-3-2-4-7-20)27-9-11-29(12-10-27)30-14-5-8-22(30)16-21(17-30)25(31)28-13-15-33-18-28/h2-8,14,16H,9-13,15,17-18H2,1H3/q+1/t30-/m1/s1. The molecule has 2 saturated heterocycles. The van der Waals surface area contributed by atoms with Crippen LogP contribution in [0.1, 0.15) is 5.89 Å². The number of piperazine rings is 1. The first kappa shape index (κ1) is 20.8. The summed E-state index contributed by atoms with van der Waals surface area (Å²) < 4.78 is 6.63. The Balaban J connectivity index is 1.18. The summed E-state index contributed by atoms with van der Waals surface area (Å²) in [5.74, 6) is 4.50. The predicted molar refractivity (Wildman–Crippen MR) is 130 cm³/mol. The molecular formula is C25H28N5O2S+. The Morgan fingerprint density at radius 3 is 2.70 bits per heavy atom. The summed E-state index contributed by atoms with van der Waals surface area (Å²) in [6.45, 7) is 6.96. The fraction of sp³-hybridized carbons (Fsp3) is 0.360. The van der Waals surface area contributed by atoms with Gasteiger partial charge in [0.15, 0.2) is 23.2 Å². The number of anilines is 1. The number of quaternary nitrogens is 1. The Morgan fingerprint density at radius 2 is 1.94 bits per heavy atom. The van der Waals surface area contributed by atoms with E-state index in [1.54, 1.807) is 0 Å². The van der Waals surface area contributed by atoms with Gasteiger partial charge in [-0.05, 0) is 6.08 Å². The number of carbonyl (C=O) groups is 1. The molecule has 5 heterocycles. The number of allylic oxidation sites excluding steroid dienone is 3. The van der Waals surface area contributed by atoms with E-state index in [0.29, 0.717) is 17.0 Å². The van der Waals surface area contributed by atoms with Crippen LogP contribution in [0, 0.1) is 6.92 Å². The van der Waals surface area contributed by atoms with E-state index in [0.717, 1.165) is 67.1 Å². The molecule has 0 saturated carbocycles. The highest BCUT2D eigenvalue weighted by Gasteiger charge is 2.48. The van der Waals surface area contributed by atoms with E-state index in [-0.39, 0.29) is 5.91 Å². The maximum atomic E-state index is 13.1. The number of amides is 1. The third-order valence-electron chi connectivity index (χ3n) is 6.91. The van der Waals surface area contributed by atoms with Crippen LogP contribution in [0.3, 0.4) is 0 Å². The molecule has 1 amide bonds. The normalized spacial score (nSPS) is 24.9. The molecule has 4 aliphatic heterocycles. The number of aryl methyl sites for hydroxylation is 1. The Bertz CT molecular complexity index is 1160. The number of nitrogens with zero attached hydrogens (tertiary/aromatic N) is 5. The van der Waals surface area contributed by atoms with Crippen LogP contribution in [0.25, 0.3) is 11.3 Å². The molecule has 4 aliphatic rings. The number of hydrogen-bond donors (Lipinski definition) is 0. The van der Waals surface area contributed by atoms with Crippen molar-refractivity contribution in [1.29, 1.82) is 0 Å². The van der Waals surface area contributed by atoms with E-state index < -0.39 is 0 Å². The highest BCUT2D eigenvalue weighted by atomic mass is 32.2. The highest BCUT2D eigenvalue weighted by Crippen LogP contribution is 2.39. The van der Waals surface area contributed by atoms with Gasteiger partial charge in [-0.25, -0.2) is 0 Å². The second kappa shape index (κ2) is 8.20. The molecule has 33 heavy (non-hydrogen) atoms. The molecule has 0 bridgehead atoms. The average molecular weight is 463 g/mol.